The minimum absolute atomic E-state index is 0.0100. The standard InChI is InChI=1S/C13H8Br2OS/c14-10-3-1-2-9(6-10)13(16)5-4-12-7-11(15)8-17-12/h1-8H. The number of allylic oxidation sites excluding steroid dienone is 1. The third-order valence-corrected chi connectivity index (χ3v) is 4.25. The molecule has 0 aliphatic heterocycles. The molecule has 0 fully saturated rings. The monoisotopic (exact) mass is 370 g/mol. The fourth-order valence-electron chi connectivity index (χ4n) is 1.31. The van der Waals surface area contributed by atoms with Gasteiger partial charge in [-0.15, -0.1) is 11.3 Å². The van der Waals surface area contributed by atoms with Crippen LogP contribution in [0.1, 0.15) is 15.2 Å². The van der Waals surface area contributed by atoms with Gasteiger partial charge in [-0.3, -0.25) is 4.79 Å². The lowest BCUT2D eigenvalue weighted by Gasteiger charge is -1.95. The van der Waals surface area contributed by atoms with Crippen molar-refractivity contribution in [3.8, 4) is 0 Å². The molecule has 0 saturated heterocycles. The molecule has 1 aromatic heterocycles. The van der Waals surface area contributed by atoms with Crippen LogP contribution in [-0.2, 0) is 0 Å². The SMILES string of the molecule is O=C(C=Cc1cc(Br)cs1)c1cccc(Br)c1. The van der Waals surface area contributed by atoms with E-state index in [0.29, 0.717) is 5.56 Å². The van der Waals surface area contributed by atoms with Gasteiger partial charge in [0.05, 0.1) is 0 Å². The topological polar surface area (TPSA) is 17.1 Å². The summed E-state index contributed by atoms with van der Waals surface area (Å²) in [4.78, 5) is 12.9. The molecule has 1 nitrogen and oxygen atoms in total. The number of carbonyl (C=O) groups excluding carboxylic acids is 1. The second kappa shape index (κ2) is 5.76. The van der Waals surface area contributed by atoms with E-state index in [1.54, 1.807) is 17.4 Å². The molecule has 17 heavy (non-hydrogen) atoms. The Kier molecular flexibility index (Phi) is 4.31. The van der Waals surface area contributed by atoms with E-state index in [-0.39, 0.29) is 5.78 Å². The fourth-order valence-corrected chi connectivity index (χ4v) is 3.05. The van der Waals surface area contributed by atoms with Crippen molar-refractivity contribution >= 4 is 55.1 Å². The summed E-state index contributed by atoms with van der Waals surface area (Å²) in [5.41, 5.74) is 0.686. The van der Waals surface area contributed by atoms with Crippen LogP contribution in [0.3, 0.4) is 0 Å². The summed E-state index contributed by atoms with van der Waals surface area (Å²) in [6.07, 6.45) is 3.43. The van der Waals surface area contributed by atoms with Gasteiger partial charge in [0.15, 0.2) is 5.78 Å². The molecule has 0 bridgehead atoms. The molecule has 0 spiro atoms. The zero-order valence-corrected chi connectivity index (χ0v) is 12.7. The molecule has 1 aromatic carbocycles. The van der Waals surface area contributed by atoms with Gasteiger partial charge < -0.3 is 0 Å². The molecule has 0 aliphatic rings. The fraction of sp³-hybridized carbons (Fsp3) is 0. The van der Waals surface area contributed by atoms with Crippen LogP contribution in [0, 0.1) is 0 Å². The molecule has 0 aliphatic carbocycles. The van der Waals surface area contributed by atoms with Crippen molar-refractivity contribution in [2.75, 3.05) is 0 Å². The lowest BCUT2D eigenvalue weighted by molar-refractivity contribution is 0.104. The maximum atomic E-state index is 11.9. The number of thiophene rings is 1. The number of ketones is 1. The third kappa shape index (κ3) is 3.63. The number of rotatable bonds is 3. The van der Waals surface area contributed by atoms with Crippen molar-refractivity contribution < 1.29 is 4.79 Å². The van der Waals surface area contributed by atoms with Crippen LogP contribution in [0.4, 0.5) is 0 Å². The zero-order chi connectivity index (χ0) is 12.3. The maximum absolute atomic E-state index is 11.9. The molecular weight excluding hydrogens is 364 g/mol. The Hall–Kier alpha value is -0.710. The number of hydrogen-bond acceptors (Lipinski definition) is 2. The molecule has 0 atom stereocenters. The van der Waals surface area contributed by atoms with E-state index in [2.05, 4.69) is 31.9 Å². The van der Waals surface area contributed by atoms with Crippen molar-refractivity contribution in [3.05, 3.63) is 61.2 Å². The van der Waals surface area contributed by atoms with E-state index in [9.17, 15) is 4.79 Å². The van der Waals surface area contributed by atoms with Crippen molar-refractivity contribution in [1.82, 2.24) is 0 Å². The molecular formula is C13H8Br2OS. The lowest BCUT2D eigenvalue weighted by Crippen LogP contribution is -1.92. The first kappa shape index (κ1) is 12.7. The molecule has 4 heteroatoms. The Morgan fingerprint density at radius 2 is 2.00 bits per heavy atom. The summed E-state index contributed by atoms with van der Waals surface area (Å²) in [5, 5.41) is 1.99. The first-order chi connectivity index (χ1) is 8.15. The van der Waals surface area contributed by atoms with Gasteiger partial charge >= 0.3 is 0 Å². The summed E-state index contributed by atoms with van der Waals surface area (Å²) in [7, 11) is 0. The molecule has 0 amide bonds. The van der Waals surface area contributed by atoms with E-state index in [0.717, 1.165) is 13.8 Å². The van der Waals surface area contributed by atoms with E-state index in [1.165, 1.54) is 0 Å². The Labute approximate surface area is 120 Å². The van der Waals surface area contributed by atoms with E-state index in [4.69, 9.17) is 0 Å². The molecule has 0 unspecified atom stereocenters. The van der Waals surface area contributed by atoms with Crippen molar-refractivity contribution in [3.63, 3.8) is 0 Å². The van der Waals surface area contributed by atoms with Crippen LogP contribution in [0.2, 0.25) is 0 Å². The molecule has 0 radical (unpaired) electrons. The van der Waals surface area contributed by atoms with E-state index < -0.39 is 0 Å². The van der Waals surface area contributed by atoms with Crippen LogP contribution in [0.15, 0.2) is 50.7 Å². The number of carbonyl (C=O) groups is 1. The van der Waals surface area contributed by atoms with Gasteiger partial charge in [-0.25, -0.2) is 0 Å². The minimum Gasteiger partial charge on any atom is -0.289 e. The van der Waals surface area contributed by atoms with Gasteiger partial charge in [0.2, 0.25) is 0 Å². The van der Waals surface area contributed by atoms with Gasteiger partial charge in [0.25, 0.3) is 0 Å². The van der Waals surface area contributed by atoms with Gasteiger partial charge in [0.1, 0.15) is 0 Å². The first-order valence-corrected chi connectivity index (χ1v) is 7.34. The van der Waals surface area contributed by atoms with Crippen molar-refractivity contribution in [1.29, 1.82) is 0 Å². The summed E-state index contributed by atoms with van der Waals surface area (Å²) >= 11 is 8.32. The van der Waals surface area contributed by atoms with Gasteiger partial charge in [-0.1, -0.05) is 28.1 Å². The molecule has 2 rings (SSSR count). The average Bonchev–Trinajstić information content (AvgIpc) is 2.72. The minimum atomic E-state index is 0.0100. The Balaban J connectivity index is 2.14. The zero-order valence-electron chi connectivity index (χ0n) is 8.69. The predicted molar refractivity (Wildman–Crippen MR) is 79.5 cm³/mol. The van der Waals surface area contributed by atoms with Crippen LogP contribution in [0.25, 0.3) is 6.08 Å². The van der Waals surface area contributed by atoms with Crippen LogP contribution >= 0.6 is 43.2 Å². The number of halogens is 2. The van der Waals surface area contributed by atoms with Crippen LogP contribution < -0.4 is 0 Å². The van der Waals surface area contributed by atoms with Crippen molar-refractivity contribution in [2.45, 2.75) is 0 Å². The van der Waals surface area contributed by atoms with Crippen LogP contribution in [-0.4, -0.2) is 5.78 Å². The van der Waals surface area contributed by atoms with Gasteiger partial charge in [-0.2, -0.15) is 0 Å². The normalized spacial score (nSPS) is 10.9. The van der Waals surface area contributed by atoms with Crippen LogP contribution in [0.5, 0.6) is 0 Å². The molecule has 0 N–H and O–H groups in total. The number of hydrogen-bond donors (Lipinski definition) is 0. The molecule has 0 saturated carbocycles. The third-order valence-electron chi connectivity index (χ3n) is 2.10. The first-order valence-electron chi connectivity index (χ1n) is 4.87. The highest BCUT2D eigenvalue weighted by atomic mass is 79.9. The van der Waals surface area contributed by atoms with Crippen molar-refractivity contribution in [2.24, 2.45) is 0 Å². The Morgan fingerprint density at radius 3 is 2.65 bits per heavy atom. The highest BCUT2D eigenvalue weighted by Crippen LogP contribution is 2.21. The quantitative estimate of drug-likeness (QED) is 0.537. The molecule has 2 aromatic rings. The second-order valence-corrected chi connectivity index (χ2v) is 6.15. The summed E-state index contributed by atoms with van der Waals surface area (Å²) < 4.78 is 1.95. The lowest BCUT2D eigenvalue weighted by atomic mass is 10.1. The van der Waals surface area contributed by atoms with Gasteiger partial charge in [0, 0.05) is 24.8 Å². The second-order valence-electron chi connectivity index (χ2n) is 3.38. The Bertz CT molecular complexity index is 572. The molecule has 1 heterocycles. The summed E-state index contributed by atoms with van der Waals surface area (Å²) in [5.74, 6) is 0.0100. The highest BCUT2D eigenvalue weighted by molar-refractivity contribution is 9.10. The number of benzene rings is 1. The van der Waals surface area contributed by atoms with E-state index in [1.807, 2.05) is 41.8 Å². The summed E-state index contributed by atoms with van der Waals surface area (Å²) in [6.45, 7) is 0. The smallest absolute Gasteiger partial charge is 0.185 e. The largest absolute Gasteiger partial charge is 0.289 e. The maximum Gasteiger partial charge on any atom is 0.185 e. The molecule has 86 valence electrons. The van der Waals surface area contributed by atoms with E-state index >= 15 is 0 Å². The highest BCUT2D eigenvalue weighted by Gasteiger charge is 2.02. The average molecular weight is 372 g/mol. The predicted octanol–water partition coefficient (Wildman–Crippen LogP) is 5.17. The van der Waals surface area contributed by atoms with Gasteiger partial charge in [-0.05, 0) is 46.3 Å². The Morgan fingerprint density at radius 1 is 1.18 bits per heavy atom. The summed E-state index contributed by atoms with van der Waals surface area (Å²) in [6, 6.07) is 9.36.